The molecule has 0 bridgehead atoms. The maximum atomic E-state index is 13.6. The molecule has 9 nitrogen and oxygen atoms in total. The quantitative estimate of drug-likeness (QED) is 0.488. The minimum absolute atomic E-state index is 0.0720. The van der Waals surface area contributed by atoms with Crippen LogP contribution in [0.5, 0.6) is 0 Å². The summed E-state index contributed by atoms with van der Waals surface area (Å²) < 4.78 is 31.7. The normalized spacial score (nSPS) is 18.0. The highest BCUT2D eigenvalue weighted by atomic mass is 19.4. The molecule has 1 aromatic carbocycles. The first kappa shape index (κ1) is 29.6. The van der Waals surface area contributed by atoms with Gasteiger partial charge in [0, 0.05) is 37.0 Å². The molecule has 12 heteroatoms. The van der Waals surface area contributed by atoms with Gasteiger partial charge in [0.1, 0.15) is 12.1 Å². The summed E-state index contributed by atoms with van der Waals surface area (Å²) in [6, 6.07) is 11.5. The van der Waals surface area contributed by atoms with Crippen LogP contribution in [0.15, 0.2) is 54.9 Å². The lowest BCUT2D eigenvalue weighted by Gasteiger charge is -2.29. The zero-order chi connectivity index (χ0) is 28.4. The number of pyridine rings is 1. The van der Waals surface area contributed by atoms with Crippen molar-refractivity contribution in [2.45, 2.75) is 69.2 Å². The molecule has 1 saturated heterocycles. The van der Waals surface area contributed by atoms with Crippen molar-refractivity contribution in [2.24, 2.45) is 0 Å². The van der Waals surface area contributed by atoms with Crippen LogP contribution < -0.4 is 10.6 Å². The van der Waals surface area contributed by atoms with Gasteiger partial charge in [-0.15, -0.1) is 0 Å². The van der Waals surface area contributed by atoms with Gasteiger partial charge in [-0.2, -0.15) is 13.2 Å². The van der Waals surface area contributed by atoms with Crippen LogP contribution in [0, 0.1) is 0 Å². The Morgan fingerprint density at radius 1 is 1.00 bits per heavy atom. The van der Waals surface area contributed by atoms with Gasteiger partial charge in [-0.1, -0.05) is 37.1 Å². The summed E-state index contributed by atoms with van der Waals surface area (Å²) in [7, 11) is 0. The Morgan fingerprint density at radius 2 is 1.67 bits per heavy atom. The van der Waals surface area contributed by atoms with E-state index in [0.29, 0.717) is 24.9 Å². The second-order valence-electron chi connectivity index (χ2n) is 9.44. The maximum Gasteiger partial charge on any atom is 0.490 e. The zero-order valence-corrected chi connectivity index (χ0v) is 21.2. The van der Waals surface area contributed by atoms with E-state index in [1.54, 1.807) is 41.6 Å². The van der Waals surface area contributed by atoms with E-state index in [1.165, 1.54) is 0 Å². The van der Waals surface area contributed by atoms with Crippen molar-refractivity contribution in [3.63, 3.8) is 0 Å². The maximum absolute atomic E-state index is 13.6. The molecule has 3 amide bonds. The number of benzene rings is 1. The zero-order valence-electron chi connectivity index (χ0n) is 21.2. The van der Waals surface area contributed by atoms with E-state index in [4.69, 9.17) is 9.90 Å². The average Bonchev–Trinajstić information content (AvgIpc) is 3.61. The van der Waals surface area contributed by atoms with Crippen molar-refractivity contribution < 1.29 is 37.5 Å². The van der Waals surface area contributed by atoms with Gasteiger partial charge in [0.05, 0.1) is 0 Å². The molecule has 1 aliphatic carbocycles. The Hall–Kier alpha value is -3.96. The molecule has 2 aliphatic rings. The number of alkyl halides is 3. The summed E-state index contributed by atoms with van der Waals surface area (Å²) in [4.78, 5) is 54.0. The van der Waals surface area contributed by atoms with Gasteiger partial charge in [-0.25, -0.2) is 4.79 Å². The average molecular weight is 549 g/mol. The molecule has 2 aromatic rings. The van der Waals surface area contributed by atoms with Gasteiger partial charge in [0.2, 0.25) is 11.8 Å². The number of likely N-dealkylation sites (tertiary alicyclic amines) is 1. The molecule has 3 N–H and O–H groups in total. The van der Waals surface area contributed by atoms with E-state index >= 15 is 0 Å². The van der Waals surface area contributed by atoms with Crippen molar-refractivity contribution in [3.05, 3.63) is 66.0 Å². The van der Waals surface area contributed by atoms with Crippen LogP contribution in [-0.4, -0.2) is 69.5 Å². The summed E-state index contributed by atoms with van der Waals surface area (Å²) in [6.45, 7) is 0.520. The first-order chi connectivity index (χ1) is 18.6. The molecule has 39 heavy (non-hydrogen) atoms. The van der Waals surface area contributed by atoms with Gasteiger partial charge < -0.3 is 20.6 Å². The van der Waals surface area contributed by atoms with E-state index < -0.39 is 24.2 Å². The fourth-order valence-corrected chi connectivity index (χ4v) is 4.66. The lowest BCUT2D eigenvalue weighted by atomic mass is 10.0. The summed E-state index contributed by atoms with van der Waals surface area (Å²) in [6.07, 6.45) is 4.31. The number of carboxylic acids is 1. The molecule has 0 unspecified atom stereocenters. The van der Waals surface area contributed by atoms with E-state index in [1.807, 2.05) is 18.2 Å². The second kappa shape index (κ2) is 13.7. The molecule has 1 aromatic heterocycles. The number of hydrogen-bond acceptors (Lipinski definition) is 5. The topological polar surface area (TPSA) is 129 Å². The van der Waals surface area contributed by atoms with Crippen LogP contribution >= 0.6 is 0 Å². The largest absolute Gasteiger partial charge is 0.490 e. The number of halogens is 3. The van der Waals surface area contributed by atoms with Crippen LogP contribution in [0.25, 0.3) is 0 Å². The number of hydrogen-bond donors (Lipinski definition) is 3. The van der Waals surface area contributed by atoms with Crippen LogP contribution in [-0.2, 0) is 20.8 Å². The standard InChI is InChI=1S/C25H30N4O3.C2HF3O2/c30-23(19-9-2-1-3-10-19)28-21(16-18-8-6-14-26-17-18)25(32)29-15-7-13-22(29)24(31)27-20-11-4-5-12-20;3-2(4,5)1(6)7/h1-3,6,8-10,14,17,20-22H,4-5,7,11-13,15-16H2,(H,27,31)(H,28,30);(H,6,7)/t21-,22-;/m0./s1. The number of carbonyl (C=O) groups is 4. The lowest BCUT2D eigenvalue weighted by molar-refractivity contribution is -0.192. The summed E-state index contributed by atoms with van der Waals surface area (Å²) >= 11 is 0. The molecule has 2 fully saturated rings. The molecule has 0 spiro atoms. The highest BCUT2D eigenvalue weighted by molar-refractivity contribution is 5.98. The van der Waals surface area contributed by atoms with Crippen molar-refractivity contribution in [1.82, 2.24) is 20.5 Å². The highest BCUT2D eigenvalue weighted by Crippen LogP contribution is 2.22. The molecule has 0 radical (unpaired) electrons. The molecular formula is C27H31F3N4O5. The fraction of sp³-hybridized carbons (Fsp3) is 0.444. The molecular weight excluding hydrogens is 517 g/mol. The predicted octanol–water partition coefficient (Wildman–Crippen LogP) is 3.11. The van der Waals surface area contributed by atoms with E-state index in [0.717, 1.165) is 37.7 Å². The number of amides is 3. The smallest absolute Gasteiger partial charge is 0.475 e. The predicted molar refractivity (Wildman–Crippen MR) is 134 cm³/mol. The summed E-state index contributed by atoms with van der Waals surface area (Å²) in [5.74, 6) is -3.36. The Balaban J connectivity index is 0.000000532. The molecule has 210 valence electrons. The minimum Gasteiger partial charge on any atom is -0.475 e. The Kier molecular flexibility index (Phi) is 10.4. The van der Waals surface area contributed by atoms with E-state index in [9.17, 15) is 27.6 Å². The van der Waals surface area contributed by atoms with Crippen molar-refractivity contribution >= 4 is 23.7 Å². The fourth-order valence-electron chi connectivity index (χ4n) is 4.66. The molecule has 2 atom stereocenters. The van der Waals surface area contributed by atoms with Gasteiger partial charge >= 0.3 is 12.1 Å². The van der Waals surface area contributed by atoms with Crippen LogP contribution in [0.3, 0.4) is 0 Å². The number of nitrogens with one attached hydrogen (secondary N) is 2. The van der Waals surface area contributed by atoms with E-state index in [2.05, 4.69) is 15.6 Å². The summed E-state index contributed by atoms with van der Waals surface area (Å²) in [5, 5.41) is 13.2. The third kappa shape index (κ3) is 8.79. The van der Waals surface area contributed by atoms with Crippen LogP contribution in [0.1, 0.15) is 54.4 Å². The number of aromatic nitrogens is 1. The molecule has 1 aliphatic heterocycles. The Morgan fingerprint density at radius 3 is 2.26 bits per heavy atom. The number of carboxylic acid groups (broad SMARTS) is 1. The van der Waals surface area contributed by atoms with Gasteiger partial charge in [0.15, 0.2) is 0 Å². The van der Waals surface area contributed by atoms with Crippen molar-refractivity contribution in [2.75, 3.05) is 6.54 Å². The lowest BCUT2D eigenvalue weighted by Crippen LogP contribution is -2.55. The number of carbonyl (C=O) groups excluding carboxylic acids is 3. The monoisotopic (exact) mass is 548 g/mol. The number of nitrogens with zero attached hydrogens (tertiary/aromatic N) is 2. The van der Waals surface area contributed by atoms with Crippen LogP contribution in [0.2, 0.25) is 0 Å². The van der Waals surface area contributed by atoms with Gasteiger partial charge in [0.25, 0.3) is 5.91 Å². The second-order valence-corrected chi connectivity index (χ2v) is 9.44. The first-order valence-electron chi connectivity index (χ1n) is 12.7. The molecule has 1 saturated carbocycles. The van der Waals surface area contributed by atoms with Gasteiger partial charge in [-0.3, -0.25) is 19.4 Å². The first-order valence-corrected chi connectivity index (χ1v) is 12.7. The highest BCUT2D eigenvalue weighted by Gasteiger charge is 2.39. The van der Waals surface area contributed by atoms with Crippen LogP contribution in [0.4, 0.5) is 13.2 Å². The SMILES string of the molecule is O=C(N[C@@H](Cc1cccnc1)C(=O)N1CCC[C@H]1C(=O)NC1CCCC1)c1ccccc1.O=C(O)C(F)(F)F. The molecule has 2 heterocycles. The van der Waals surface area contributed by atoms with Gasteiger partial charge in [-0.05, 0) is 49.4 Å². The van der Waals surface area contributed by atoms with Crippen molar-refractivity contribution in [3.8, 4) is 0 Å². The van der Waals surface area contributed by atoms with Crippen molar-refractivity contribution in [1.29, 1.82) is 0 Å². The Bertz CT molecular complexity index is 1130. The minimum atomic E-state index is -5.08. The van der Waals surface area contributed by atoms with E-state index in [-0.39, 0.29) is 23.8 Å². The third-order valence-electron chi connectivity index (χ3n) is 6.58. The summed E-state index contributed by atoms with van der Waals surface area (Å²) in [5.41, 5.74) is 1.35. The third-order valence-corrected chi connectivity index (χ3v) is 6.58. The number of aliphatic carboxylic acids is 1. The number of rotatable bonds is 7. The molecule has 4 rings (SSSR count). The Labute approximate surface area is 223 Å².